The van der Waals surface area contributed by atoms with E-state index in [0.29, 0.717) is 5.70 Å². The predicted molar refractivity (Wildman–Crippen MR) is 74.7 cm³/mol. The van der Waals surface area contributed by atoms with Gasteiger partial charge in [-0.1, -0.05) is 30.3 Å². The highest BCUT2D eigenvalue weighted by atomic mass is 16.5. The van der Waals surface area contributed by atoms with Crippen LogP contribution in [-0.2, 0) is 25.7 Å². The van der Waals surface area contributed by atoms with Crippen LogP contribution in [-0.4, -0.2) is 23.8 Å². The van der Waals surface area contributed by atoms with E-state index in [1.54, 1.807) is 6.92 Å². The van der Waals surface area contributed by atoms with Gasteiger partial charge in [0.2, 0.25) is 11.8 Å². The number of carbonyl (C=O) groups is 3. The van der Waals surface area contributed by atoms with Crippen molar-refractivity contribution in [3.63, 3.8) is 0 Å². The van der Waals surface area contributed by atoms with Crippen LogP contribution in [0, 0.1) is 0 Å². The highest BCUT2D eigenvalue weighted by Gasteiger charge is 2.30. The number of rotatable bonds is 5. The average Bonchev–Trinajstić information content (AvgIpc) is 2.75. The molecule has 0 aliphatic carbocycles. The van der Waals surface area contributed by atoms with Gasteiger partial charge in [-0.3, -0.25) is 14.9 Å². The first-order valence-electron chi connectivity index (χ1n) is 6.54. The molecule has 21 heavy (non-hydrogen) atoms. The number of amides is 2. The van der Waals surface area contributed by atoms with Crippen molar-refractivity contribution in [2.75, 3.05) is 0 Å². The standard InChI is InChI=1S/C15H16N2O4/c1-10(16-12-8-13(18)17-15(12)20)7-14(19)21-9-11-5-3-2-4-6-11/h2-7,12,16H,8-9H2,1H3,(H,17,18,20). The molecule has 6 nitrogen and oxygen atoms in total. The second-order valence-electron chi connectivity index (χ2n) is 4.73. The molecule has 0 spiro atoms. The van der Waals surface area contributed by atoms with E-state index < -0.39 is 12.0 Å². The third-order valence-corrected chi connectivity index (χ3v) is 2.93. The van der Waals surface area contributed by atoms with E-state index in [1.165, 1.54) is 6.08 Å². The maximum atomic E-state index is 11.6. The second kappa shape index (κ2) is 6.69. The van der Waals surface area contributed by atoms with E-state index in [-0.39, 0.29) is 24.8 Å². The number of imide groups is 1. The smallest absolute Gasteiger partial charge is 0.332 e. The number of carbonyl (C=O) groups excluding carboxylic acids is 3. The van der Waals surface area contributed by atoms with Crippen molar-refractivity contribution < 1.29 is 19.1 Å². The SMILES string of the molecule is CC(=CC(=O)OCc1ccccc1)NC1CC(=O)NC1=O. The third kappa shape index (κ3) is 4.45. The number of nitrogens with one attached hydrogen (secondary N) is 2. The van der Waals surface area contributed by atoms with E-state index in [4.69, 9.17) is 4.74 Å². The van der Waals surface area contributed by atoms with Gasteiger partial charge in [0.1, 0.15) is 12.6 Å². The second-order valence-corrected chi connectivity index (χ2v) is 4.73. The van der Waals surface area contributed by atoms with Crippen molar-refractivity contribution in [3.05, 3.63) is 47.7 Å². The van der Waals surface area contributed by atoms with Crippen LogP contribution in [0.3, 0.4) is 0 Å². The summed E-state index contributed by atoms with van der Waals surface area (Å²) in [6.07, 6.45) is 1.34. The van der Waals surface area contributed by atoms with E-state index in [2.05, 4.69) is 10.6 Å². The summed E-state index contributed by atoms with van der Waals surface area (Å²) >= 11 is 0. The van der Waals surface area contributed by atoms with Crippen LogP contribution in [0.25, 0.3) is 0 Å². The fraction of sp³-hybridized carbons (Fsp3) is 0.267. The number of hydrogen-bond acceptors (Lipinski definition) is 5. The molecule has 2 rings (SSSR count). The maximum absolute atomic E-state index is 11.6. The van der Waals surface area contributed by atoms with Crippen LogP contribution >= 0.6 is 0 Å². The Hall–Kier alpha value is -2.63. The minimum atomic E-state index is -0.629. The summed E-state index contributed by atoms with van der Waals surface area (Å²) in [4.78, 5) is 34.1. The number of hydrogen-bond donors (Lipinski definition) is 2. The topological polar surface area (TPSA) is 84.5 Å². The predicted octanol–water partition coefficient (Wildman–Crippen LogP) is 0.638. The first-order chi connectivity index (χ1) is 10.0. The third-order valence-electron chi connectivity index (χ3n) is 2.93. The molecule has 1 aliphatic rings. The lowest BCUT2D eigenvalue weighted by molar-refractivity contribution is -0.139. The molecule has 1 aromatic rings. The molecule has 1 heterocycles. The number of allylic oxidation sites excluding steroid dienone is 1. The van der Waals surface area contributed by atoms with Gasteiger partial charge in [-0.25, -0.2) is 4.79 Å². The first kappa shape index (κ1) is 14.8. The number of esters is 1. The van der Waals surface area contributed by atoms with E-state index in [1.807, 2.05) is 30.3 Å². The summed E-state index contributed by atoms with van der Waals surface area (Å²) in [6, 6.07) is 8.69. The van der Waals surface area contributed by atoms with Gasteiger partial charge in [0.15, 0.2) is 0 Å². The molecular formula is C15H16N2O4. The summed E-state index contributed by atoms with van der Waals surface area (Å²) < 4.78 is 5.09. The molecule has 1 aromatic carbocycles. The molecular weight excluding hydrogens is 272 g/mol. The summed E-state index contributed by atoms with van der Waals surface area (Å²) in [5.41, 5.74) is 1.37. The van der Waals surface area contributed by atoms with Crippen molar-refractivity contribution in [1.29, 1.82) is 0 Å². The minimum Gasteiger partial charge on any atom is -0.458 e. The van der Waals surface area contributed by atoms with Gasteiger partial charge < -0.3 is 10.1 Å². The van der Waals surface area contributed by atoms with Gasteiger partial charge in [-0.15, -0.1) is 0 Å². The highest BCUT2D eigenvalue weighted by molar-refractivity contribution is 6.05. The Morgan fingerprint density at radius 1 is 1.38 bits per heavy atom. The Bertz CT molecular complexity index is 581. The molecule has 0 aromatic heterocycles. The van der Waals surface area contributed by atoms with Crippen molar-refractivity contribution in [2.24, 2.45) is 0 Å². The van der Waals surface area contributed by atoms with Crippen molar-refractivity contribution in [3.8, 4) is 0 Å². The molecule has 1 saturated heterocycles. The fourth-order valence-corrected chi connectivity index (χ4v) is 1.93. The molecule has 1 atom stereocenters. The Morgan fingerprint density at radius 2 is 2.10 bits per heavy atom. The Labute approximate surface area is 122 Å². The van der Waals surface area contributed by atoms with Gasteiger partial charge in [-0.05, 0) is 12.5 Å². The molecule has 0 saturated carbocycles. The average molecular weight is 288 g/mol. The first-order valence-corrected chi connectivity index (χ1v) is 6.54. The van der Waals surface area contributed by atoms with Crippen LogP contribution in [0.15, 0.2) is 42.1 Å². The lowest BCUT2D eigenvalue weighted by atomic mass is 10.2. The molecule has 2 N–H and O–H groups in total. The normalized spacial score (nSPS) is 18.3. The van der Waals surface area contributed by atoms with Crippen LogP contribution in [0.4, 0.5) is 0 Å². The molecule has 6 heteroatoms. The van der Waals surface area contributed by atoms with Crippen molar-refractivity contribution in [1.82, 2.24) is 10.6 Å². The Morgan fingerprint density at radius 3 is 2.71 bits per heavy atom. The quantitative estimate of drug-likeness (QED) is 0.472. The van der Waals surface area contributed by atoms with E-state index in [9.17, 15) is 14.4 Å². The highest BCUT2D eigenvalue weighted by Crippen LogP contribution is 2.05. The molecule has 1 aliphatic heterocycles. The lowest BCUT2D eigenvalue weighted by Crippen LogP contribution is -2.35. The largest absolute Gasteiger partial charge is 0.458 e. The zero-order valence-electron chi connectivity index (χ0n) is 11.6. The summed E-state index contributed by atoms with van der Waals surface area (Å²) in [5, 5.41) is 5.00. The van der Waals surface area contributed by atoms with Gasteiger partial charge in [0, 0.05) is 11.8 Å². The molecule has 110 valence electrons. The van der Waals surface area contributed by atoms with Crippen LogP contribution in [0.2, 0.25) is 0 Å². The Balaban J connectivity index is 1.83. The molecule has 0 bridgehead atoms. The summed E-state index contributed by atoms with van der Waals surface area (Å²) in [7, 11) is 0. The van der Waals surface area contributed by atoms with Gasteiger partial charge in [0.05, 0.1) is 6.42 Å². The zero-order chi connectivity index (χ0) is 15.2. The molecule has 0 radical (unpaired) electrons. The molecule has 1 fully saturated rings. The molecule has 1 unspecified atom stereocenters. The van der Waals surface area contributed by atoms with Gasteiger partial charge in [-0.2, -0.15) is 0 Å². The van der Waals surface area contributed by atoms with Crippen molar-refractivity contribution >= 4 is 17.8 Å². The van der Waals surface area contributed by atoms with Crippen LogP contribution in [0.1, 0.15) is 18.9 Å². The number of benzene rings is 1. The minimum absolute atomic E-state index is 0.0725. The summed E-state index contributed by atoms with van der Waals surface area (Å²) in [5.74, 6) is -1.21. The zero-order valence-corrected chi connectivity index (χ0v) is 11.6. The van der Waals surface area contributed by atoms with Crippen molar-refractivity contribution in [2.45, 2.75) is 26.0 Å². The lowest BCUT2D eigenvalue weighted by Gasteiger charge is -2.10. The van der Waals surface area contributed by atoms with Crippen LogP contribution in [0.5, 0.6) is 0 Å². The fourth-order valence-electron chi connectivity index (χ4n) is 1.93. The Kier molecular flexibility index (Phi) is 4.71. The number of ether oxygens (including phenoxy) is 1. The maximum Gasteiger partial charge on any atom is 0.332 e. The van der Waals surface area contributed by atoms with Gasteiger partial charge in [0.25, 0.3) is 0 Å². The summed E-state index contributed by atoms with van der Waals surface area (Å²) in [6.45, 7) is 1.83. The van der Waals surface area contributed by atoms with Crippen LogP contribution < -0.4 is 10.6 Å². The molecule has 2 amide bonds. The monoisotopic (exact) mass is 288 g/mol. The van der Waals surface area contributed by atoms with E-state index in [0.717, 1.165) is 5.56 Å². The van der Waals surface area contributed by atoms with Gasteiger partial charge >= 0.3 is 5.97 Å². The van der Waals surface area contributed by atoms with E-state index >= 15 is 0 Å².